The lowest BCUT2D eigenvalue weighted by Crippen LogP contribution is -2.36. The molecule has 0 radical (unpaired) electrons. The van der Waals surface area contributed by atoms with Gasteiger partial charge in [-0.3, -0.25) is 4.79 Å². The number of carbonyl (C=O) groups is 1. The SMILES string of the molecule is O=C(O)C(O)(c1ccccc1)c1cccc(OCCCCCCCNCC(O)c2ccc(O)c3[nH]c(=O)ccc23)c1. The van der Waals surface area contributed by atoms with E-state index in [1.807, 2.05) is 0 Å². The molecule has 1 aromatic heterocycles. The van der Waals surface area contributed by atoms with Gasteiger partial charge in [0.25, 0.3) is 0 Å². The van der Waals surface area contributed by atoms with Gasteiger partial charge >= 0.3 is 5.97 Å². The van der Waals surface area contributed by atoms with Crippen LogP contribution < -0.4 is 15.6 Å². The molecule has 4 rings (SSSR count). The number of fused-ring (bicyclic) bond motifs is 1. The number of rotatable bonds is 15. The van der Waals surface area contributed by atoms with Crippen molar-refractivity contribution in [1.29, 1.82) is 0 Å². The fourth-order valence-electron chi connectivity index (χ4n) is 4.87. The van der Waals surface area contributed by atoms with Gasteiger partial charge in [-0.05, 0) is 54.8 Å². The van der Waals surface area contributed by atoms with Crippen LogP contribution in [0.5, 0.6) is 11.5 Å². The Morgan fingerprint density at radius 1 is 0.902 bits per heavy atom. The van der Waals surface area contributed by atoms with E-state index in [1.54, 1.807) is 66.7 Å². The van der Waals surface area contributed by atoms with E-state index in [2.05, 4.69) is 10.3 Å². The molecule has 1 heterocycles. The zero-order chi connectivity index (χ0) is 29.2. The first-order chi connectivity index (χ1) is 19.8. The molecular weight excluding hydrogens is 524 g/mol. The average molecular weight is 561 g/mol. The highest BCUT2D eigenvalue weighted by Gasteiger charge is 2.40. The van der Waals surface area contributed by atoms with Crippen molar-refractivity contribution >= 4 is 16.9 Å². The molecule has 0 aliphatic heterocycles. The van der Waals surface area contributed by atoms with Gasteiger partial charge in [-0.15, -0.1) is 0 Å². The number of hydrogen-bond donors (Lipinski definition) is 6. The predicted molar refractivity (Wildman–Crippen MR) is 156 cm³/mol. The average Bonchev–Trinajstić information content (AvgIpc) is 2.98. The summed E-state index contributed by atoms with van der Waals surface area (Å²) in [6, 6.07) is 21.0. The van der Waals surface area contributed by atoms with Crippen LogP contribution in [0.4, 0.5) is 0 Å². The van der Waals surface area contributed by atoms with Crippen molar-refractivity contribution in [2.24, 2.45) is 0 Å². The summed E-state index contributed by atoms with van der Waals surface area (Å²) in [5, 5.41) is 45.3. The number of H-pyrrole nitrogens is 1. The molecule has 0 spiro atoms. The van der Waals surface area contributed by atoms with Gasteiger partial charge in [-0.2, -0.15) is 0 Å². The number of phenols is 1. The number of nitrogens with one attached hydrogen (secondary N) is 2. The van der Waals surface area contributed by atoms with E-state index < -0.39 is 17.7 Å². The van der Waals surface area contributed by atoms with E-state index in [0.29, 0.717) is 35.4 Å². The number of ether oxygens (including phenoxy) is 1. The number of aliphatic hydroxyl groups is 2. The number of phenolic OH excluding ortho intramolecular Hbond substituents is 1. The molecule has 9 heteroatoms. The number of aromatic nitrogens is 1. The van der Waals surface area contributed by atoms with Crippen molar-refractivity contribution in [3.05, 3.63) is 106 Å². The minimum atomic E-state index is -2.16. The number of pyridine rings is 1. The maximum Gasteiger partial charge on any atom is 0.345 e. The summed E-state index contributed by atoms with van der Waals surface area (Å²) in [6.45, 7) is 1.59. The zero-order valence-electron chi connectivity index (χ0n) is 22.8. The summed E-state index contributed by atoms with van der Waals surface area (Å²) in [4.78, 5) is 26.2. The highest BCUT2D eigenvalue weighted by Crippen LogP contribution is 2.32. The van der Waals surface area contributed by atoms with Gasteiger partial charge < -0.3 is 35.5 Å². The van der Waals surface area contributed by atoms with Crippen LogP contribution in [0.2, 0.25) is 0 Å². The van der Waals surface area contributed by atoms with Crippen molar-refractivity contribution in [2.45, 2.75) is 43.8 Å². The molecule has 2 atom stereocenters. The van der Waals surface area contributed by atoms with Gasteiger partial charge in [0, 0.05) is 23.6 Å². The van der Waals surface area contributed by atoms with E-state index in [9.17, 15) is 30.0 Å². The third-order valence-corrected chi connectivity index (χ3v) is 7.12. The van der Waals surface area contributed by atoms with E-state index in [4.69, 9.17) is 4.74 Å². The van der Waals surface area contributed by atoms with E-state index >= 15 is 0 Å². The molecule has 3 aromatic carbocycles. The third kappa shape index (κ3) is 7.32. The van der Waals surface area contributed by atoms with Crippen LogP contribution in [0, 0.1) is 0 Å². The van der Waals surface area contributed by atoms with Crippen LogP contribution in [0.1, 0.15) is 54.9 Å². The first kappa shape index (κ1) is 29.8. The van der Waals surface area contributed by atoms with Gasteiger partial charge in [0.15, 0.2) is 0 Å². The molecular formula is C32H36N2O7. The Hall–Kier alpha value is -4.18. The molecule has 6 N–H and O–H groups in total. The highest BCUT2D eigenvalue weighted by molar-refractivity contribution is 5.87. The molecule has 0 amide bonds. The molecule has 4 aromatic rings. The lowest BCUT2D eigenvalue weighted by molar-refractivity contribution is -0.155. The molecule has 0 fully saturated rings. The summed E-state index contributed by atoms with van der Waals surface area (Å²) in [6.07, 6.45) is 4.03. The molecule has 2 unspecified atom stereocenters. The number of aromatic hydroxyl groups is 1. The maximum absolute atomic E-state index is 12.0. The number of aliphatic carboxylic acids is 1. The standard InChI is InChI=1S/C32H36N2O7/c35-27-16-14-25(26-15-17-29(37)34-30(26)27)28(36)21-33-18-7-2-1-3-8-19-41-24-13-9-12-23(20-24)32(40,31(38)39)22-10-5-4-6-11-22/h4-6,9-17,20,28,33,35-36,40H,1-3,7-8,18-19,21H2,(H,34,37)(H,38,39). The molecule has 0 aliphatic rings. The largest absolute Gasteiger partial charge is 0.506 e. The van der Waals surface area contributed by atoms with E-state index in [1.165, 1.54) is 12.1 Å². The Bertz CT molecular complexity index is 1510. The van der Waals surface area contributed by atoms with Crippen molar-refractivity contribution < 1.29 is 30.0 Å². The predicted octanol–water partition coefficient (Wildman–Crippen LogP) is 4.21. The summed E-state index contributed by atoms with van der Waals surface area (Å²) in [5.41, 5.74) is -1.01. The third-order valence-electron chi connectivity index (χ3n) is 7.12. The Morgan fingerprint density at radius 2 is 1.63 bits per heavy atom. The first-order valence-corrected chi connectivity index (χ1v) is 13.8. The van der Waals surface area contributed by atoms with E-state index in [0.717, 1.165) is 38.6 Å². The lowest BCUT2D eigenvalue weighted by atomic mass is 9.86. The second-order valence-electron chi connectivity index (χ2n) is 10.0. The molecule has 216 valence electrons. The molecule has 0 aliphatic carbocycles. The summed E-state index contributed by atoms with van der Waals surface area (Å²) in [5.74, 6) is -0.876. The molecule has 0 saturated carbocycles. The number of aliphatic hydroxyl groups excluding tert-OH is 1. The minimum Gasteiger partial charge on any atom is -0.506 e. The smallest absolute Gasteiger partial charge is 0.345 e. The number of hydrogen-bond acceptors (Lipinski definition) is 7. The monoisotopic (exact) mass is 560 g/mol. The number of carboxylic acids is 1. The van der Waals surface area contributed by atoms with Crippen LogP contribution >= 0.6 is 0 Å². The fraction of sp³-hybridized carbons (Fsp3) is 0.312. The van der Waals surface area contributed by atoms with Crippen LogP contribution in [-0.4, -0.2) is 51.1 Å². The second kappa shape index (κ2) is 13.9. The van der Waals surface area contributed by atoms with E-state index in [-0.39, 0.29) is 22.4 Å². The van der Waals surface area contributed by atoms with Crippen molar-refractivity contribution in [1.82, 2.24) is 10.3 Å². The Morgan fingerprint density at radius 3 is 2.41 bits per heavy atom. The Balaban J connectivity index is 1.14. The summed E-state index contributed by atoms with van der Waals surface area (Å²) >= 11 is 0. The van der Waals surface area contributed by atoms with Crippen LogP contribution in [0.15, 0.2) is 83.7 Å². The molecule has 9 nitrogen and oxygen atoms in total. The quantitative estimate of drug-likeness (QED) is 0.118. The fourth-order valence-corrected chi connectivity index (χ4v) is 4.87. The van der Waals surface area contributed by atoms with Crippen LogP contribution in [0.25, 0.3) is 10.9 Å². The number of aromatic amines is 1. The molecule has 0 bridgehead atoms. The number of benzene rings is 3. The summed E-state index contributed by atoms with van der Waals surface area (Å²) < 4.78 is 5.84. The van der Waals surface area contributed by atoms with Gasteiger partial charge in [0.05, 0.1) is 18.2 Å². The Kier molecular flexibility index (Phi) is 10.1. The highest BCUT2D eigenvalue weighted by atomic mass is 16.5. The lowest BCUT2D eigenvalue weighted by Gasteiger charge is -2.25. The zero-order valence-corrected chi connectivity index (χ0v) is 22.8. The van der Waals surface area contributed by atoms with Gasteiger partial charge in [-0.25, -0.2) is 4.79 Å². The van der Waals surface area contributed by atoms with Crippen molar-refractivity contribution in [2.75, 3.05) is 19.7 Å². The van der Waals surface area contributed by atoms with Crippen LogP contribution in [-0.2, 0) is 10.4 Å². The Labute approximate surface area is 238 Å². The summed E-state index contributed by atoms with van der Waals surface area (Å²) in [7, 11) is 0. The van der Waals surface area contributed by atoms with Gasteiger partial charge in [0.1, 0.15) is 11.5 Å². The van der Waals surface area contributed by atoms with Gasteiger partial charge in [-0.1, -0.05) is 67.8 Å². The van der Waals surface area contributed by atoms with Crippen molar-refractivity contribution in [3.8, 4) is 11.5 Å². The second-order valence-corrected chi connectivity index (χ2v) is 10.0. The topological polar surface area (TPSA) is 152 Å². The van der Waals surface area contributed by atoms with Gasteiger partial charge in [0.2, 0.25) is 11.2 Å². The maximum atomic E-state index is 12.0. The first-order valence-electron chi connectivity index (χ1n) is 13.8. The molecule has 0 saturated heterocycles. The van der Waals surface area contributed by atoms with Crippen LogP contribution in [0.3, 0.4) is 0 Å². The number of unbranched alkanes of at least 4 members (excludes halogenated alkanes) is 4. The minimum absolute atomic E-state index is 0.0334. The van der Waals surface area contributed by atoms with Crippen molar-refractivity contribution in [3.63, 3.8) is 0 Å². The molecule has 41 heavy (non-hydrogen) atoms. The number of carboxylic acid groups (broad SMARTS) is 1. The normalized spacial score (nSPS) is 13.5.